The third kappa shape index (κ3) is 7.28. The predicted octanol–water partition coefficient (Wildman–Crippen LogP) is 9.27. The first kappa shape index (κ1) is 32.4. The van der Waals surface area contributed by atoms with E-state index in [-0.39, 0.29) is 10.7 Å². The van der Waals surface area contributed by atoms with Gasteiger partial charge in [0.1, 0.15) is 5.75 Å². The molecule has 0 aliphatic rings. The molecule has 1 atom stereocenters. The Morgan fingerprint density at radius 2 is 1.20 bits per heavy atom. The van der Waals surface area contributed by atoms with E-state index in [2.05, 4.69) is 0 Å². The Labute approximate surface area is 265 Å². The molecule has 0 bridgehead atoms. The number of carbonyl (C=O) groups is 1. The van der Waals surface area contributed by atoms with Crippen molar-refractivity contribution in [3.05, 3.63) is 144 Å². The number of ketones is 1. The monoisotopic (exact) mass is 668 g/mol. The zero-order valence-corrected chi connectivity index (χ0v) is 26.5. The van der Waals surface area contributed by atoms with Gasteiger partial charge in [-0.15, -0.1) is 0 Å². The third-order valence-electron chi connectivity index (χ3n) is 6.68. The van der Waals surface area contributed by atoms with Crippen molar-refractivity contribution in [1.29, 1.82) is 0 Å². The molecular weight excluding hydrogens is 642 g/mol. The van der Waals surface area contributed by atoms with Crippen LogP contribution < -0.4 is 4.74 Å². The average molecular weight is 669 g/mol. The van der Waals surface area contributed by atoms with E-state index in [4.69, 9.17) is 8.37 Å². The smallest absolute Gasteiger partial charge is 0.416 e. The largest absolute Gasteiger partial charge is 0.497 e. The molecule has 0 aromatic heterocycles. The third-order valence-corrected chi connectivity index (χ3v) is 12.4. The van der Waals surface area contributed by atoms with Crippen molar-refractivity contribution in [2.75, 3.05) is 13.4 Å². The minimum Gasteiger partial charge on any atom is -0.497 e. The maximum absolute atomic E-state index is 13.5. The molecule has 0 saturated carbocycles. The van der Waals surface area contributed by atoms with E-state index >= 15 is 0 Å². The van der Waals surface area contributed by atoms with Gasteiger partial charge in [-0.05, 0) is 95.2 Å². The molecule has 0 heterocycles. The van der Waals surface area contributed by atoms with Crippen LogP contribution in [0.3, 0.4) is 0 Å². The highest BCUT2D eigenvalue weighted by Crippen LogP contribution is 2.70. The molecule has 0 aliphatic carbocycles. The number of alkyl halides is 3. The number of hydrogen-bond acceptors (Lipinski definition) is 6. The number of rotatable bonds is 10. The summed E-state index contributed by atoms with van der Waals surface area (Å²) < 4.78 is 77.2. The fourth-order valence-electron chi connectivity index (χ4n) is 4.63. The van der Waals surface area contributed by atoms with Crippen LogP contribution in [0, 0.1) is 0 Å². The molecule has 1 unspecified atom stereocenters. The molecule has 5 rings (SSSR count). The maximum Gasteiger partial charge on any atom is 0.416 e. The van der Waals surface area contributed by atoms with Gasteiger partial charge in [0.25, 0.3) is 10.1 Å². The van der Waals surface area contributed by atoms with Gasteiger partial charge in [0.15, 0.2) is 5.78 Å². The van der Waals surface area contributed by atoms with Gasteiger partial charge in [-0.1, -0.05) is 54.2 Å². The van der Waals surface area contributed by atoms with Crippen LogP contribution in [0.4, 0.5) is 13.2 Å². The lowest BCUT2D eigenvalue weighted by Gasteiger charge is -2.39. The molecule has 0 saturated heterocycles. The zero-order valence-electron chi connectivity index (χ0n) is 24.0. The van der Waals surface area contributed by atoms with Crippen LogP contribution in [0.5, 0.6) is 5.75 Å². The fraction of sp³-hybridized carbons (Fsp3) is 0.0882. The summed E-state index contributed by atoms with van der Waals surface area (Å²) >= 11 is 1.36. The summed E-state index contributed by atoms with van der Waals surface area (Å²) in [6.45, 7) is 0. The number of carbonyl (C=O) groups excluding carboxylic acids is 1. The van der Waals surface area contributed by atoms with Gasteiger partial charge in [0.05, 0.1) is 18.9 Å². The number of benzene rings is 5. The lowest BCUT2D eigenvalue weighted by Crippen LogP contribution is -2.13. The Morgan fingerprint density at radius 1 is 0.689 bits per heavy atom. The standard InChI is InChI=1S/C34H27F3O5S3/c1-41-26-14-20-29(21-15-26)45(42-44(2,39)40,28-18-12-25(13-19-28)34(35,36)37)30-22-16-27(17-23-30)43-32-11-7-6-10-31(32)33(38)24-8-4-3-5-9-24/h3-23H,1-2H3. The van der Waals surface area contributed by atoms with E-state index in [0.717, 1.165) is 28.2 Å². The first-order valence-corrected chi connectivity index (χ1v) is 17.6. The van der Waals surface area contributed by atoms with Gasteiger partial charge < -0.3 is 4.74 Å². The molecule has 0 radical (unpaired) electrons. The molecule has 11 heteroatoms. The van der Waals surface area contributed by atoms with Crippen LogP contribution in [-0.4, -0.2) is 27.6 Å². The Kier molecular flexibility index (Phi) is 9.45. The number of halogens is 3. The molecule has 232 valence electrons. The molecule has 0 aliphatic heterocycles. The lowest BCUT2D eigenvalue weighted by molar-refractivity contribution is -0.137. The van der Waals surface area contributed by atoms with Gasteiger partial charge in [-0.3, -0.25) is 4.79 Å². The van der Waals surface area contributed by atoms with E-state index in [1.165, 1.54) is 31.0 Å². The molecule has 5 aromatic rings. The number of ether oxygens (including phenoxy) is 1. The summed E-state index contributed by atoms with van der Waals surface area (Å²) in [7, 11) is -5.75. The fourth-order valence-corrected chi connectivity index (χ4v) is 10.4. The Balaban J connectivity index is 1.60. The molecule has 0 spiro atoms. The normalized spacial score (nSPS) is 13.9. The quantitative estimate of drug-likeness (QED) is 0.138. The van der Waals surface area contributed by atoms with Gasteiger partial charge in [0, 0.05) is 35.6 Å². The van der Waals surface area contributed by atoms with Crippen molar-refractivity contribution < 1.29 is 34.7 Å². The summed E-state index contributed by atoms with van der Waals surface area (Å²) in [5, 5.41) is 0. The minimum absolute atomic E-state index is 0.123. The SMILES string of the molecule is COc1ccc(S(OS(C)(=O)=O)(c2ccc(Sc3ccccc3C(=O)c3ccccc3)cc2)c2ccc(C(F)(F)F)cc2)cc1. The molecule has 0 N–H and O–H groups in total. The topological polar surface area (TPSA) is 69.7 Å². The zero-order chi connectivity index (χ0) is 32.2. The highest BCUT2D eigenvalue weighted by molar-refractivity contribution is 8.33. The van der Waals surface area contributed by atoms with E-state index in [9.17, 15) is 26.4 Å². The molecule has 5 nitrogen and oxygen atoms in total. The van der Waals surface area contributed by atoms with Crippen LogP contribution in [0.25, 0.3) is 0 Å². The van der Waals surface area contributed by atoms with Crippen LogP contribution >= 0.6 is 22.1 Å². The van der Waals surface area contributed by atoms with Gasteiger partial charge in [-0.25, -0.2) is 3.63 Å². The van der Waals surface area contributed by atoms with Crippen LogP contribution in [0.1, 0.15) is 21.5 Å². The van der Waals surface area contributed by atoms with Gasteiger partial charge in [-0.2, -0.15) is 21.6 Å². The van der Waals surface area contributed by atoms with E-state index in [1.54, 1.807) is 84.9 Å². The Bertz CT molecular complexity index is 1890. The molecule has 0 amide bonds. The highest BCUT2D eigenvalue weighted by Gasteiger charge is 2.38. The first-order chi connectivity index (χ1) is 21.4. The predicted molar refractivity (Wildman–Crippen MR) is 170 cm³/mol. The summed E-state index contributed by atoms with van der Waals surface area (Å²) in [6.07, 6.45) is -3.67. The lowest BCUT2D eigenvalue weighted by atomic mass is 10.0. The summed E-state index contributed by atoms with van der Waals surface area (Å²) in [4.78, 5) is 15.9. The second-order valence-electron chi connectivity index (χ2n) is 9.79. The summed E-state index contributed by atoms with van der Waals surface area (Å²) in [6, 6.07) is 34.0. The van der Waals surface area contributed by atoms with Crippen molar-refractivity contribution in [3.63, 3.8) is 0 Å². The molecule has 45 heavy (non-hydrogen) atoms. The summed E-state index contributed by atoms with van der Waals surface area (Å²) in [5.41, 5.74) is 0.216. The van der Waals surface area contributed by atoms with Gasteiger partial charge >= 0.3 is 6.18 Å². The van der Waals surface area contributed by atoms with E-state index in [1.807, 2.05) is 18.2 Å². The van der Waals surface area contributed by atoms with Crippen molar-refractivity contribution >= 4 is 38.0 Å². The van der Waals surface area contributed by atoms with Crippen LogP contribution in [0.2, 0.25) is 0 Å². The molecule has 5 aromatic carbocycles. The summed E-state index contributed by atoms with van der Waals surface area (Å²) in [5.74, 6) is 0.386. The second kappa shape index (κ2) is 13.1. The highest BCUT2D eigenvalue weighted by atomic mass is 32.3. The number of methoxy groups -OCH3 is 1. The molecule has 0 fully saturated rings. The van der Waals surface area contributed by atoms with Crippen molar-refractivity contribution in [3.8, 4) is 5.75 Å². The van der Waals surface area contributed by atoms with Crippen molar-refractivity contribution in [2.24, 2.45) is 0 Å². The van der Waals surface area contributed by atoms with E-state index < -0.39 is 32.2 Å². The molecular formula is C34H27F3O5S3. The minimum atomic E-state index is -4.58. The number of hydrogen-bond donors (Lipinski definition) is 0. The maximum atomic E-state index is 13.5. The van der Waals surface area contributed by atoms with Crippen molar-refractivity contribution in [2.45, 2.75) is 30.7 Å². The van der Waals surface area contributed by atoms with Crippen molar-refractivity contribution in [1.82, 2.24) is 0 Å². The van der Waals surface area contributed by atoms with Crippen LogP contribution in [-0.2, 0) is 19.9 Å². The average Bonchev–Trinajstić information content (AvgIpc) is 3.04. The van der Waals surface area contributed by atoms with Crippen LogP contribution in [0.15, 0.2) is 152 Å². The Hall–Kier alpha value is -4.03. The van der Waals surface area contributed by atoms with Gasteiger partial charge in [0.2, 0.25) is 0 Å². The Morgan fingerprint density at radius 3 is 1.73 bits per heavy atom. The second-order valence-corrected chi connectivity index (χ2v) is 15.4. The first-order valence-electron chi connectivity index (χ1n) is 13.4. The van der Waals surface area contributed by atoms with E-state index in [0.29, 0.717) is 26.7 Å².